The van der Waals surface area contributed by atoms with Crippen molar-refractivity contribution in [3.8, 4) is 5.75 Å². The molecule has 2 heterocycles. The van der Waals surface area contributed by atoms with Crippen LogP contribution in [0.3, 0.4) is 0 Å². The molecule has 0 spiro atoms. The Kier molecular flexibility index (Phi) is 6.88. The van der Waals surface area contributed by atoms with Crippen molar-refractivity contribution in [1.29, 1.82) is 0 Å². The van der Waals surface area contributed by atoms with Crippen LogP contribution in [0.4, 0.5) is 4.39 Å². The molecule has 7 heteroatoms. The highest BCUT2D eigenvalue weighted by Crippen LogP contribution is 2.29. The third kappa shape index (κ3) is 4.46. The van der Waals surface area contributed by atoms with E-state index in [0.29, 0.717) is 12.5 Å². The number of benzene rings is 2. The van der Waals surface area contributed by atoms with Crippen LogP contribution in [0.25, 0.3) is 11.0 Å². The van der Waals surface area contributed by atoms with Crippen molar-refractivity contribution in [2.24, 2.45) is 0 Å². The first-order valence-electron chi connectivity index (χ1n) is 9.30. The normalized spacial score (nSPS) is 15.9. The molecule has 2 aromatic carbocycles. The molecule has 28 heavy (non-hydrogen) atoms. The Morgan fingerprint density at radius 2 is 1.86 bits per heavy atom. The standard InChI is InChI=1S/C21H23FN2O3.ClH/c22-17-5-1-4-8-20(17)27-14-16(25)13-24-19-7-3-2-6-18(19)23-21(24)15-9-11-26-12-10-15;/h1-8,15-16,25H,9-14H2;1H. The maximum absolute atomic E-state index is 13.7. The molecular weight excluding hydrogens is 383 g/mol. The van der Waals surface area contributed by atoms with Crippen molar-refractivity contribution in [1.82, 2.24) is 9.55 Å². The lowest BCUT2D eigenvalue weighted by atomic mass is 9.99. The number of imidazole rings is 1. The van der Waals surface area contributed by atoms with Crippen LogP contribution >= 0.6 is 12.4 Å². The average Bonchev–Trinajstić information content (AvgIpc) is 3.06. The van der Waals surface area contributed by atoms with Gasteiger partial charge in [0.2, 0.25) is 0 Å². The Bertz CT molecular complexity index is 912. The zero-order valence-corrected chi connectivity index (χ0v) is 16.3. The van der Waals surface area contributed by atoms with Crippen molar-refractivity contribution in [3.63, 3.8) is 0 Å². The summed E-state index contributed by atoms with van der Waals surface area (Å²) in [6.07, 6.45) is 1.07. The van der Waals surface area contributed by atoms with Gasteiger partial charge in [-0.1, -0.05) is 24.3 Å². The molecule has 4 rings (SSSR count). The third-order valence-electron chi connectivity index (χ3n) is 4.93. The van der Waals surface area contributed by atoms with E-state index in [2.05, 4.69) is 4.57 Å². The molecule has 0 radical (unpaired) electrons. The summed E-state index contributed by atoms with van der Waals surface area (Å²) in [5, 5.41) is 10.5. The highest BCUT2D eigenvalue weighted by atomic mass is 35.5. The highest BCUT2D eigenvalue weighted by Gasteiger charge is 2.24. The van der Waals surface area contributed by atoms with Gasteiger partial charge in [-0.2, -0.15) is 0 Å². The minimum atomic E-state index is -0.777. The topological polar surface area (TPSA) is 56.5 Å². The molecule has 150 valence electrons. The fourth-order valence-corrected chi connectivity index (χ4v) is 3.56. The number of nitrogens with zero attached hydrogens (tertiary/aromatic N) is 2. The van der Waals surface area contributed by atoms with Crippen molar-refractivity contribution < 1.29 is 19.0 Å². The maximum atomic E-state index is 13.7. The van der Waals surface area contributed by atoms with Gasteiger partial charge in [0.15, 0.2) is 11.6 Å². The van der Waals surface area contributed by atoms with Crippen LogP contribution in [-0.4, -0.2) is 40.6 Å². The predicted octanol–water partition coefficient (Wildman–Crippen LogP) is 3.93. The summed E-state index contributed by atoms with van der Waals surface area (Å²) < 4.78 is 26.7. The summed E-state index contributed by atoms with van der Waals surface area (Å²) in [5.41, 5.74) is 1.91. The fourth-order valence-electron chi connectivity index (χ4n) is 3.56. The van der Waals surface area contributed by atoms with Gasteiger partial charge in [0.05, 0.1) is 17.6 Å². The number of aromatic nitrogens is 2. The molecule has 1 saturated heterocycles. The van der Waals surface area contributed by atoms with Gasteiger partial charge in [-0.05, 0) is 37.1 Å². The summed E-state index contributed by atoms with van der Waals surface area (Å²) in [4.78, 5) is 4.82. The summed E-state index contributed by atoms with van der Waals surface area (Å²) in [6.45, 7) is 1.82. The molecule has 5 nitrogen and oxygen atoms in total. The molecular formula is C21H24ClFN2O3. The lowest BCUT2D eigenvalue weighted by Crippen LogP contribution is -2.26. The number of aliphatic hydroxyl groups excluding tert-OH is 1. The van der Waals surface area contributed by atoms with E-state index < -0.39 is 11.9 Å². The minimum Gasteiger partial charge on any atom is -0.488 e. The van der Waals surface area contributed by atoms with Crippen molar-refractivity contribution in [2.75, 3.05) is 19.8 Å². The van der Waals surface area contributed by atoms with E-state index in [-0.39, 0.29) is 24.8 Å². The van der Waals surface area contributed by atoms with Crippen LogP contribution in [0.1, 0.15) is 24.6 Å². The molecule has 1 aliphatic rings. The molecule has 0 bridgehead atoms. The van der Waals surface area contributed by atoms with E-state index in [4.69, 9.17) is 14.5 Å². The van der Waals surface area contributed by atoms with Crippen molar-refractivity contribution in [3.05, 3.63) is 60.2 Å². The van der Waals surface area contributed by atoms with Gasteiger partial charge >= 0.3 is 0 Å². The zero-order valence-electron chi connectivity index (χ0n) is 15.5. The number of hydrogen-bond donors (Lipinski definition) is 1. The van der Waals surface area contributed by atoms with Crippen LogP contribution in [0.5, 0.6) is 5.75 Å². The maximum Gasteiger partial charge on any atom is 0.165 e. The van der Waals surface area contributed by atoms with Gasteiger partial charge in [0.1, 0.15) is 18.5 Å². The predicted molar refractivity (Wildman–Crippen MR) is 108 cm³/mol. The minimum absolute atomic E-state index is 0. The van der Waals surface area contributed by atoms with E-state index in [0.717, 1.165) is 42.9 Å². The van der Waals surface area contributed by atoms with Gasteiger partial charge in [-0.3, -0.25) is 0 Å². The molecule has 1 atom stereocenters. The first kappa shape index (κ1) is 20.6. The largest absolute Gasteiger partial charge is 0.488 e. The summed E-state index contributed by atoms with van der Waals surface area (Å²) in [5.74, 6) is 1.01. The van der Waals surface area contributed by atoms with Gasteiger partial charge in [-0.15, -0.1) is 12.4 Å². The molecule has 3 aromatic rings. The number of fused-ring (bicyclic) bond motifs is 1. The number of halogens is 2. The molecule has 0 aliphatic carbocycles. The Labute approximate surface area is 169 Å². The molecule has 0 amide bonds. The van der Waals surface area contributed by atoms with Gasteiger partial charge in [0, 0.05) is 19.1 Å². The third-order valence-corrected chi connectivity index (χ3v) is 4.93. The monoisotopic (exact) mass is 406 g/mol. The van der Waals surface area contributed by atoms with Crippen LogP contribution in [0.2, 0.25) is 0 Å². The Morgan fingerprint density at radius 1 is 1.14 bits per heavy atom. The van der Waals surface area contributed by atoms with E-state index >= 15 is 0 Å². The van der Waals surface area contributed by atoms with Crippen LogP contribution in [-0.2, 0) is 11.3 Å². The van der Waals surface area contributed by atoms with Crippen LogP contribution in [0, 0.1) is 5.82 Å². The van der Waals surface area contributed by atoms with E-state index in [1.54, 1.807) is 18.2 Å². The number of hydrogen-bond acceptors (Lipinski definition) is 4. The van der Waals surface area contributed by atoms with Crippen molar-refractivity contribution in [2.45, 2.75) is 31.4 Å². The summed E-state index contributed by atoms with van der Waals surface area (Å²) >= 11 is 0. The number of aliphatic hydroxyl groups is 1. The highest BCUT2D eigenvalue weighted by molar-refractivity contribution is 5.85. The first-order chi connectivity index (χ1) is 13.2. The Balaban J connectivity index is 0.00000225. The molecule has 0 saturated carbocycles. The van der Waals surface area contributed by atoms with Gasteiger partial charge in [0.25, 0.3) is 0 Å². The average molecular weight is 407 g/mol. The van der Waals surface area contributed by atoms with E-state index in [1.807, 2.05) is 24.3 Å². The smallest absolute Gasteiger partial charge is 0.165 e. The lowest BCUT2D eigenvalue weighted by Gasteiger charge is -2.23. The van der Waals surface area contributed by atoms with E-state index in [1.165, 1.54) is 6.07 Å². The van der Waals surface area contributed by atoms with Crippen LogP contribution < -0.4 is 4.74 Å². The molecule has 1 aromatic heterocycles. The quantitative estimate of drug-likeness (QED) is 0.673. The SMILES string of the molecule is Cl.OC(COc1ccccc1F)Cn1c(C2CCOCC2)nc2ccccc21. The Morgan fingerprint density at radius 3 is 2.64 bits per heavy atom. The van der Waals surface area contributed by atoms with Crippen LogP contribution in [0.15, 0.2) is 48.5 Å². The number of para-hydroxylation sites is 3. The fraction of sp³-hybridized carbons (Fsp3) is 0.381. The summed E-state index contributed by atoms with van der Waals surface area (Å²) in [7, 11) is 0. The first-order valence-corrected chi connectivity index (χ1v) is 9.30. The second-order valence-corrected chi connectivity index (χ2v) is 6.85. The molecule has 1 aliphatic heterocycles. The van der Waals surface area contributed by atoms with E-state index in [9.17, 15) is 9.50 Å². The second-order valence-electron chi connectivity index (χ2n) is 6.85. The van der Waals surface area contributed by atoms with Crippen molar-refractivity contribution >= 4 is 23.4 Å². The summed E-state index contributed by atoms with van der Waals surface area (Å²) in [6, 6.07) is 14.1. The van der Waals surface area contributed by atoms with Gasteiger partial charge in [-0.25, -0.2) is 9.37 Å². The lowest BCUT2D eigenvalue weighted by molar-refractivity contribution is 0.0775. The second kappa shape index (κ2) is 9.37. The molecule has 1 N–H and O–H groups in total. The Hall–Kier alpha value is -2.15. The molecule has 1 unspecified atom stereocenters. The zero-order chi connectivity index (χ0) is 18.6. The van der Waals surface area contributed by atoms with Gasteiger partial charge < -0.3 is 19.1 Å². The number of rotatable bonds is 6. The molecule has 1 fully saturated rings. The number of ether oxygens (including phenoxy) is 2.